The van der Waals surface area contributed by atoms with Crippen LogP contribution in [0.15, 0.2) is 42.6 Å². The Morgan fingerprint density at radius 1 is 1.19 bits per heavy atom. The molecule has 0 atom stereocenters. The predicted octanol–water partition coefficient (Wildman–Crippen LogP) is 3.71. The molecule has 0 bridgehead atoms. The molecule has 9 heteroatoms. The van der Waals surface area contributed by atoms with E-state index in [0.29, 0.717) is 47.7 Å². The van der Waals surface area contributed by atoms with Crippen molar-refractivity contribution >= 4 is 34.9 Å². The highest BCUT2D eigenvalue weighted by atomic mass is 35.5. The van der Waals surface area contributed by atoms with Crippen molar-refractivity contribution in [3.63, 3.8) is 0 Å². The molecule has 1 aliphatic rings. The number of pyridine rings is 1. The summed E-state index contributed by atoms with van der Waals surface area (Å²) in [6.45, 7) is 5.53. The van der Waals surface area contributed by atoms with Crippen LogP contribution in [0, 0.1) is 6.92 Å². The average molecular weight is 460 g/mol. The molecule has 0 saturated carbocycles. The van der Waals surface area contributed by atoms with Crippen LogP contribution in [0.5, 0.6) is 0 Å². The first-order valence-electron chi connectivity index (χ1n) is 10.0. The Bertz CT molecular complexity index is 1080. The van der Waals surface area contributed by atoms with E-state index >= 15 is 0 Å². The topological polar surface area (TPSA) is 72.3 Å². The van der Waals surface area contributed by atoms with E-state index in [2.05, 4.69) is 20.3 Å². The largest absolute Gasteiger partial charge is 0.378 e. The van der Waals surface area contributed by atoms with Crippen molar-refractivity contribution in [3.8, 4) is 0 Å². The number of amides is 1. The molecule has 7 nitrogen and oxygen atoms in total. The fourth-order valence-electron chi connectivity index (χ4n) is 3.51. The monoisotopic (exact) mass is 459 g/mol. The Morgan fingerprint density at radius 3 is 2.74 bits per heavy atom. The predicted molar refractivity (Wildman–Crippen MR) is 121 cm³/mol. The van der Waals surface area contributed by atoms with Crippen LogP contribution in [-0.4, -0.2) is 47.0 Å². The van der Waals surface area contributed by atoms with Crippen LogP contribution in [0.3, 0.4) is 0 Å². The molecule has 4 rings (SSSR count). The second-order valence-electron chi connectivity index (χ2n) is 7.30. The Hall–Kier alpha value is -2.61. The van der Waals surface area contributed by atoms with Crippen molar-refractivity contribution in [2.45, 2.75) is 20.0 Å². The molecule has 1 aliphatic heterocycles. The van der Waals surface area contributed by atoms with Crippen molar-refractivity contribution in [1.29, 1.82) is 0 Å². The summed E-state index contributed by atoms with van der Waals surface area (Å²) in [6.07, 6.45) is 1.76. The third-order valence-electron chi connectivity index (χ3n) is 5.17. The first kappa shape index (κ1) is 21.6. The van der Waals surface area contributed by atoms with E-state index < -0.39 is 0 Å². The number of hydrogen-bond acceptors (Lipinski definition) is 5. The maximum atomic E-state index is 12.9. The Balaban J connectivity index is 1.44. The standard InChI is InChI=1S/C22H23Cl2N5O2/c1-15-20(21(24)29(27-15)14-17-4-2-3-5-18(17)23)22(30)26-13-16-6-7-25-19(12-16)28-8-10-31-11-9-28/h2-7,12H,8-11,13-14H2,1H3,(H,26,30). The molecule has 1 saturated heterocycles. The van der Waals surface area contributed by atoms with Gasteiger partial charge in [-0.15, -0.1) is 0 Å². The lowest BCUT2D eigenvalue weighted by Gasteiger charge is -2.28. The third-order valence-corrected chi connectivity index (χ3v) is 5.92. The molecule has 1 fully saturated rings. The molecule has 0 spiro atoms. The lowest BCUT2D eigenvalue weighted by molar-refractivity contribution is 0.0950. The number of aryl methyl sites for hydroxylation is 1. The van der Waals surface area contributed by atoms with Gasteiger partial charge >= 0.3 is 0 Å². The van der Waals surface area contributed by atoms with Crippen molar-refractivity contribution in [2.24, 2.45) is 0 Å². The zero-order valence-corrected chi connectivity index (χ0v) is 18.7. The Labute approximate surface area is 190 Å². The van der Waals surface area contributed by atoms with Gasteiger partial charge in [0, 0.05) is 30.9 Å². The molecule has 3 heterocycles. The fraction of sp³-hybridized carbons (Fsp3) is 0.318. The van der Waals surface area contributed by atoms with Gasteiger partial charge in [-0.3, -0.25) is 4.79 Å². The van der Waals surface area contributed by atoms with Crippen LogP contribution in [0.2, 0.25) is 10.2 Å². The van der Waals surface area contributed by atoms with Crippen LogP contribution >= 0.6 is 23.2 Å². The van der Waals surface area contributed by atoms with Gasteiger partial charge in [0.1, 0.15) is 11.0 Å². The van der Waals surface area contributed by atoms with Crippen molar-refractivity contribution < 1.29 is 9.53 Å². The second-order valence-corrected chi connectivity index (χ2v) is 8.07. The van der Waals surface area contributed by atoms with Crippen LogP contribution in [0.1, 0.15) is 27.2 Å². The summed E-state index contributed by atoms with van der Waals surface area (Å²) >= 11 is 12.7. The maximum absolute atomic E-state index is 12.9. The molecule has 162 valence electrons. The van der Waals surface area contributed by atoms with Gasteiger partial charge in [-0.1, -0.05) is 41.4 Å². The summed E-state index contributed by atoms with van der Waals surface area (Å²) in [4.78, 5) is 19.5. The quantitative estimate of drug-likeness (QED) is 0.608. The zero-order valence-electron chi connectivity index (χ0n) is 17.1. The zero-order chi connectivity index (χ0) is 21.8. The first-order chi connectivity index (χ1) is 15.0. The average Bonchev–Trinajstić information content (AvgIpc) is 3.07. The highest BCUT2D eigenvalue weighted by Crippen LogP contribution is 2.23. The highest BCUT2D eigenvalue weighted by Gasteiger charge is 2.21. The normalized spacial score (nSPS) is 14.0. The summed E-state index contributed by atoms with van der Waals surface area (Å²) in [6, 6.07) is 11.4. The number of halogens is 2. The minimum Gasteiger partial charge on any atom is -0.378 e. The molecule has 0 aliphatic carbocycles. The molecular weight excluding hydrogens is 437 g/mol. The fourth-order valence-corrected chi connectivity index (χ4v) is 4.03. The van der Waals surface area contributed by atoms with Crippen molar-refractivity contribution in [1.82, 2.24) is 20.1 Å². The minimum atomic E-state index is -0.266. The number of benzene rings is 1. The summed E-state index contributed by atoms with van der Waals surface area (Å²) < 4.78 is 6.99. The van der Waals surface area contributed by atoms with Gasteiger partial charge in [-0.05, 0) is 36.2 Å². The lowest BCUT2D eigenvalue weighted by Crippen LogP contribution is -2.36. The number of nitrogens with zero attached hydrogens (tertiary/aromatic N) is 4. The highest BCUT2D eigenvalue weighted by molar-refractivity contribution is 6.33. The minimum absolute atomic E-state index is 0.266. The number of aromatic nitrogens is 3. The molecule has 1 aromatic carbocycles. The Morgan fingerprint density at radius 2 is 1.97 bits per heavy atom. The number of nitrogens with one attached hydrogen (secondary N) is 1. The lowest BCUT2D eigenvalue weighted by atomic mass is 10.2. The number of anilines is 1. The molecule has 2 aromatic heterocycles. The van der Waals surface area contributed by atoms with Crippen LogP contribution in [-0.2, 0) is 17.8 Å². The molecule has 0 unspecified atom stereocenters. The van der Waals surface area contributed by atoms with Crippen molar-refractivity contribution in [2.75, 3.05) is 31.2 Å². The van der Waals surface area contributed by atoms with Gasteiger partial charge in [0.25, 0.3) is 5.91 Å². The summed E-state index contributed by atoms with van der Waals surface area (Å²) in [5.41, 5.74) is 2.78. The van der Waals surface area contributed by atoms with Crippen molar-refractivity contribution in [3.05, 3.63) is 75.2 Å². The van der Waals surface area contributed by atoms with Gasteiger partial charge in [0.15, 0.2) is 0 Å². The van der Waals surface area contributed by atoms with E-state index in [1.54, 1.807) is 17.8 Å². The van der Waals surface area contributed by atoms with E-state index in [-0.39, 0.29) is 5.91 Å². The van der Waals surface area contributed by atoms with E-state index in [1.165, 1.54) is 0 Å². The van der Waals surface area contributed by atoms with Gasteiger partial charge in [-0.2, -0.15) is 5.10 Å². The van der Waals surface area contributed by atoms with Gasteiger partial charge in [0.2, 0.25) is 0 Å². The summed E-state index contributed by atoms with van der Waals surface area (Å²) in [5, 5.41) is 8.30. The molecule has 3 aromatic rings. The number of carbonyl (C=O) groups is 1. The number of hydrogen-bond donors (Lipinski definition) is 1. The van der Waals surface area contributed by atoms with E-state index in [4.69, 9.17) is 27.9 Å². The maximum Gasteiger partial charge on any atom is 0.256 e. The SMILES string of the molecule is Cc1nn(Cc2ccccc2Cl)c(Cl)c1C(=O)NCc1ccnc(N2CCOCC2)c1. The third kappa shape index (κ3) is 5.01. The van der Waals surface area contributed by atoms with E-state index in [1.807, 2.05) is 36.4 Å². The van der Waals surface area contributed by atoms with E-state index in [0.717, 1.165) is 30.0 Å². The van der Waals surface area contributed by atoms with Crippen LogP contribution < -0.4 is 10.2 Å². The number of rotatable bonds is 6. The molecule has 31 heavy (non-hydrogen) atoms. The number of morpholine rings is 1. The molecule has 1 N–H and O–H groups in total. The number of carbonyl (C=O) groups excluding carboxylic acids is 1. The Kier molecular flexibility index (Phi) is 6.75. The summed E-state index contributed by atoms with van der Waals surface area (Å²) in [7, 11) is 0. The molecule has 0 radical (unpaired) electrons. The van der Waals surface area contributed by atoms with Gasteiger partial charge in [0.05, 0.1) is 31.0 Å². The summed E-state index contributed by atoms with van der Waals surface area (Å²) in [5.74, 6) is 0.620. The molecule has 1 amide bonds. The smallest absolute Gasteiger partial charge is 0.256 e. The van der Waals surface area contributed by atoms with E-state index in [9.17, 15) is 4.79 Å². The number of ether oxygens (including phenoxy) is 1. The van der Waals surface area contributed by atoms with Crippen LogP contribution in [0.4, 0.5) is 5.82 Å². The molecular formula is C22H23Cl2N5O2. The second kappa shape index (κ2) is 9.68. The van der Waals surface area contributed by atoms with Gasteiger partial charge < -0.3 is 15.0 Å². The van der Waals surface area contributed by atoms with Crippen LogP contribution in [0.25, 0.3) is 0 Å². The first-order valence-corrected chi connectivity index (χ1v) is 10.8. The van der Waals surface area contributed by atoms with Gasteiger partial charge in [-0.25, -0.2) is 9.67 Å².